The third-order valence-corrected chi connectivity index (χ3v) is 5.82. The number of hydrogen-bond acceptors (Lipinski definition) is 4. The van der Waals surface area contributed by atoms with E-state index >= 15 is 0 Å². The van der Waals surface area contributed by atoms with Gasteiger partial charge in [-0.15, -0.1) is 0 Å². The Labute approximate surface area is 143 Å². The molecule has 4 heteroatoms. The Hall–Kier alpha value is -1.78. The lowest BCUT2D eigenvalue weighted by atomic mass is 9.63. The second-order valence-electron chi connectivity index (χ2n) is 7.37. The molecule has 0 unspecified atom stereocenters. The number of aryl methyl sites for hydroxylation is 1. The van der Waals surface area contributed by atoms with Crippen molar-refractivity contribution in [3.05, 3.63) is 59.7 Å². The van der Waals surface area contributed by atoms with E-state index in [1.54, 1.807) is 0 Å². The van der Waals surface area contributed by atoms with E-state index in [1.165, 1.54) is 12.0 Å². The fraction of sp³-hybridized carbons (Fsp3) is 0.500. The first-order chi connectivity index (χ1) is 11.7. The molecule has 4 rings (SSSR count). The molecular weight excluding hydrogens is 298 g/mol. The number of hydrogen-bond donors (Lipinski definition) is 1. The number of pyridine rings is 2. The van der Waals surface area contributed by atoms with E-state index in [-0.39, 0.29) is 11.8 Å². The molecule has 1 N–H and O–H groups in total. The van der Waals surface area contributed by atoms with Crippen LogP contribution in [0, 0.1) is 18.8 Å². The van der Waals surface area contributed by atoms with Gasteiger partial charge in [-0.1, -0.05) is 18.6 Å². The van der Waals surface area contributed by atoms with E-state index < -0.39 is 5.60 Å². The van der Waals surface area contributed by atoms with Gasteiger partial charge in [0.1, 0.15) is 5.60 Å². The molecule has 126 valence electrons. The SMILES string of the molecule is Cc1cccnc1C1(O)[C@@H]2CCC[C@@H]1CN(Cc1cccnc1)C2. The van der Waals surface area contributed by atoms with Crippen molar-refractivity contribution in [1.29, 1.82) is 0 Å². The van der Waals surface area contributed by atoms with Gasteiger partial charge in [0, 0.05) is 50.1 Å². The number of piperidine rings is 1. The Kier molecular flexibility index (Phi) is 4.10. The molecule has 1 aliphatic heterocycles. The van der Waals surface area contributed by atoms with Crippen LogP contribution in [0.3, 0.4) is 0 Å². The van der Waals surface area contributed by atoms with Crippen LogP contribution < -0.4 is 0 Å². The molecule has 2 fully saturated rings. The molecular formula is C20H25N3O. The number of nitrogens with zero attached hydrogens (tertiary/aromatic N) is 3. The summed E-state index contributed by atoms with van der Waals surface area (Å²) in [6, 6.07) is 8.15. The third-order valence-electron chi connectivity index (χ3n) is 5.82. The molecule has 2 aromatic rings. The average molecular weight is 323 g/mol. The van der Waals surface area contributed by atoms with Crippen molar-refractivity contribution in [2.24, 2.45) is 11.8 Å². The standard InChI is InChI=1S/C20H25N3O/c1-15-5-3-10-22-19(15)20(24)17-7-2-8-18(20)14-23(13-17)12-16-6-4-9-21-11-16/h3-6,9-11,17-18,24H,2,7-8,12-14H2,1H3/t17-,18-/m1/s1. The summed E-state index contributed by atoms with van der Waals surface area (Å²) in [6.07, 6.45) is 8.94. The summed E-state index contributed by atoms with van der Waals surface area (Å²) in [6.45, 7) is 4.84. The molecule has 24 heavy (non-hydrogen) atoms. The van der Waals surface area contributed by atoms with E-state index in [9.17, 15) is 5.11 Å². The summed E-state index contributed by atoms with van der Waals surface area (Å²) < 4.78 is 0. The molecule has 0 radical (unpaired) electrons. The molecule has 2 aromatic heterocycles. The molecule has 1 saturated carbocycles. The van der Waals surface area contributed by atoms with Crippen LogP contribution in [0.15, 0.2) is 42.9 Å². The number of rotatable bonds is 3. The quantitative estimate of drug-likeness (QED) is 0.943. The highest BCUT2D eigenvalue weighted by Crippen LogP contribution is 2.49. The van der Waals surface area contributed by atoms with Crippen LogP contribution in [0.25, 0.3) is 0 Å². The normalized spacial score (nSPS) is 30.2. The zero-order valence-electron chi connectivity index (χ0n) is 14.2. The van der Waals surface area contributed by atoms with Gasteiger partial charge >= 0.3 is 0 Å². The second-order valence-corrected chi connectivity index (χ2v) is 7.37. The van der Waals surface area contributed by atoms with Gasteiger partial charge in [0.05, 0.1) is 5.69 Å². The van der Waals surface area contributed by atoms with Crippen LogP contribution in [0.1, 0.15) is 36.1 Å². The summed E-state index contributed by atoms with van der Waals surface area (Å²) in [4.78, 5) is 11.3. The van der Waals surface area contributed by atoms with Gasteiger partial charge in [-0.25, -0.2) is 0 Å². The average Bonchev–Trinajstić information content (AvgIpc) is 2.57. The van der Waals surface area contributed by atoms with Crippen LogP contribution in [0.4, 0.5) is 0 Å². The van der Waals surface area contributed by atoms with Crippen LogP contribution >= 0.6 is 0 Å². The fourth-order valence-electron chi connectivity index (χ4n) is 4.71. The van der Waals surface area contributed by atoms with Gasteiger partial charge in [-0.2, -0.15) is 0 Å². The Morgan fingerprint density at radius 1 is 1.17 bits per heavy atom. The van der Waals surface area contributed by atoms with Crippen LogP contribution in [-0.4, -0.2) is 33.1 Å². The summed E-state index contributed by atoms with van der Waals surface area (Å²) in [7, 11) is 0. The molecule has 1 aliphatic carbocycles. The van der Waals surface area contributed by atoms with E-state index in [0.29, 0.717) is 0 Å². The van der Waals surface area contributed by atoms with Gasteiger partial charge in [0.15, 0.2) is 0 Å². The van der Waals surface area contributed by atoms with Crippen molar-refractivity contribution in [1.82, 2.24) is 14.9 Å². The largest absolute Gasteiger partial charge is 0.383 e. The second kappa shape index (κ2) is 6.26. The molecule has 1 saturated heterocycles. The van der Waals surface area contributed by atoms with Gasteiger partial charge in [0.2, 0.25) is 0 Å². The maximum absolute atomic E-state index is 11.7. The van der Waals surface area contributed by atoms with Crippen LogP contribution in [-0.2, 0) is 12.1 Å². The maximum atomic E-state index is 11.7. The molecule has 3 heterocycles. The molecule has 2 bridgehead atoms. The highest BCUT2D eigenvalue weighted by atomic mass is 16.3. The molecule has 4 nitrogen and oxygen atoms in total. The first kappa shape index (κ1) is 15.7. The lowest BCUT2D eigenvalue weighted by Crippen LogP contribution is -2.58. The minimum Gasteiger partial charge on any atom is -0.383 e. The Morgan fingerprint density at radius 2 is 1.92 bits per heavy atom. The minimum absolute atomic E-state index is 0.260. The predicted molar refractivity (Wildman–Crippen MR) is 93.2 cm³/mol. The topological polar surface area (TPSA) is 49.3 Å². The van der Waals surface area contributed by atoms with E-state index in [0.717, 1.165) is 43.7 Å². The summed E-state index contributed by atoms with van der Waals surface area (Å²) in [5.41, 5.74) is 2.49. The van der Waals surface area contributed by atoms with Gasteiger partial charge in [-0.3, -0.25) is 14.9 Å². The lowest BCUT2D eigenvalue weighted by Gasteiger charge is -2.53. The first-order valence-corrected chi connectivity index (χ1v) is 8.93. The highest BCUT2D eigenvalue weighted by molar-refractivity contribution is 5.28. The van der Waals surface area contributed by atoms with Crippen molar-refractivity contribution in [3.63, 3.8) is 0 Å². The van der Waals surface area contributed by atoms with Crippen LogP contribution in [0.2, 0.25) is 0 Å². The fourth-order valence-corrected chi connectivity index (χ4v) is 4.71. The Bertz CT molecular complexity index is 689. The molecule has 0 aromatic carbocycles. The first-order valence-electron chi connectivity index (χ1n) is 8.93. The van der Waals surface area contributed by atoms with E-state index in [1.807, 2.05) is 30.7 Å². The maximum Gasteiger partial charge on any atom is 0.115 e. The zero-order valence-corrected chi connectivity index (χ0v) is 14.2. The number of aromatic nitrogens is 2. The molecule has 2 aliphatic rings. The van der Waals surface area contributed by atoms with Crippen molar-refractivity contribution in [3.8, 4) is 0 Å². The van der Waals surface area contributed by atoms with E-state index in [2.05, 4.69) is 33.9 Å². The lowest BCUT2D eigenvalue weighted by molar-refractivity contribution is -0.151. The Balaban J connectivity index is 1.60. The molecule has 0 amide bonds. The van der Waals surface area contributed by atoms with Crippen LogP contribution in [0.5, 0.6) is 0 Å². The number of aliphatic hydroxyl groups is 1. The highest BCUT2D eigenvalue weighted by Gasteiger charge is 2.52. The molecule has 0 spiro atoms. The van der Waals surface area contributed by atoms with Gasteiger partial charge in [0.25, 0.3) is 0 Å². The summed E-state index contributed by atoms with van der Waals surface area (Å²) >= 11 is 0. The predicted octanol–water partition coefficient (Wildman–Crippen LogP) is 2.90. The van der Waals surface area contributed by atoms with Crippen molar-refractivity contribution in [2.45, 2.75) is 38.3 Å². The minimum atomic E-state index is -0.769. The monoisotopic (exact) mass is 323 g/mol. The van der Waals surface area contributed by atoms with Gasteiger partial charge < -0.3 is 5.11 Å². The summed E-state index contributed by atoms with van der Waals surface area (Å²) in [5.74, 6) is 0.519. The number of fused-ring (bicyclic) bond motifs is 2. The van der Waals surface area contributed by atoms with Gasteiger partial charge in [-0.05, 0) is 43.0 Å². The third kappa shape index (κ3) is 2.64. The number of likely N-dealkylation sites (tertiary alicyclic amines) is 1. The smallest absolute Gasteiger partial charge is 0.115 e. The zero-order chi connectivity index (χ0) is 16.6. The summed E-state index contributed by atoms with van der Waals surface area (Å²) in [5, 5.41) is 11.7. The van der Waals surface area contributed by atoms with Crippen molar-refractivity contribution < 1.29 is 5.11 Å². The Morgan fingerprint density at radius 3 is 2.58 bits per heavy atom. The molecule has 2 atom stereocenters. The van der Waals surface area contributed by atoms with Crippen molar-refractivity contribution >= 4 is 0 Å². The van der Waals surface area contributed by atoms with Crippen molar-refractivity contribution in [2.75, 3.05) is 13.1 Å². The van der Waals surface area contributed by atoms with E-state index in [4.69, 9.17) is 0 Å².